The lowest BCUT2D eigenvalue weighted by Gasteiger charge is -2.35. The Kier molecular flexibility index (Phi) is 7.79. The number of rotatable bonds is 5. The Morgan fingerprint density at radius 3 is 2.38 bits per heavy atom. The molecule has 3 heterocycles. The topological polar surface area (TPSA) is 83.1 Å². The SMILES string of the molecule is CS(=O)(=O)N1CCN(C(=O)N2CC(COc3ccc(Cl)cn3)C(c3ccc(Cl)c(Cl)c3)C2)CC1. The van der Waals surface area contributed by atoms with Gasteiger partial charge in [-0.2, -0.15) is 4.31 Å². The van der Waals surface area contributed by atoms with Crippen LogP contribution >= 0.6 is 34.8 Å². The van der Waals surface area contributed by atoms with Gasteiger partial charge in [-0.3, -0.25) is 0 Å². The highest BCUT2D eigenvalue weighted by Gasteiger charge is 2.39. The second kappa shape index (κ2) is 10.5. The van der Waals surface area contributed by atoms with Gasteiger partial charge in [0.1, 0.15) is 0 Å². The quantitative estimate of drug-likeness (QED) is 0.568. The van der Waals surface area contributed by atoms with Crippen molar-refractivity contribution >= 4 is 50.9 Å². The number of likely N-dealkylation sites (tertiary alicyclic amines) is 1. The van der Waals surface area contributed by atoms with E-state index in [-0.39, 0.29) is 17.9 Å². The van der Waals surface area contributed by atoms with Gasteiger partial charge < -0.3 is 14.5 Å². The number of aromatic nitrogens is 1. The lowest BCUT2D eigenvalue weighted by molar-refractivity contribution is 0.139. The minimum Gasteiger partial charge on any atom is -0.477 e. The summed E-state index contributed by atoms with van der Waals surface area (Å²) in [5, 5.41) is 1.45. The molecule has 2 fully saturated rings. The van der Waals surface area contributed by atoms with Gasteiger partial charge in [-0.25, -0.2) is 18.2 Å². The third-order valence-corrected chi connectivity index (χ3v) is 8.47. The number of sulfonamides is 1. The number of urea groups is 1. The van der Waals surface area contributed by atoms with E-state index in [1.807, 2.05) is 12.1 Å². The number of amides is 2. The van der Waals surface area contributed by atoms with Crippen LogP contribution in [0.3, 0.4) is 0 Å². The van der Waals surface area contributed by atoms with Crippen LogP contribution in [0.1, 0.15) is 11.5 Å². The molecule has 2 unspecified atom stereocenters. The fourth-order valence-corrected chi connectivity index (χ4v) is 5.61. The Hall–Kier alpha value is -1.78. The summed E-state index contributed by atoms with van der Waals surface area (Å²) in [5.74, 6) is 0.443. The van der Waals surface area contributed by atoms with Gasteiger partial charge in [0.05, 0.1) is 27.9 Å². The third-order valence-electron chi connectivity index (χ3n) is 6.21. The van der Waals surface area contributed by atoms with Crippen molar-refractivity contribution in [3.05, 3.63) is 57.2 Å². The molecule has 0 aliphatic carbocycles. The number of pyridine rings is 1. The van der Waals surface area contributed by atoms with Gasteiger partial charge in [0.25, 0.3) is 0 Å². The number of halogens is 3. The minimum absolute atomic E-state index is 0.00372. The number of hydrogen-bond donors (Lipinski definition) is 0. The first-order valence-electron chi connectivity index (χ1n) is 10.8. The predicted octanol–water partition coefficient (Wildman–Crippen LogP) is 3.83. The van der Waals surface area contributed by atoms with Gasteiger partial charge in [0.15, 0.2) is 0 Å². The number of benzene rings is 1. The maximum absolute atomic E-state index is 13.3. The van der Waals surface area contributed by atoms with E-state index in [2.05, 4.69) is 4.98 Å². The Labute approximate surface area is 214 Å². The van der Waals surface area contributed by atoms with Crippen molar-refractivity contribution in [3.63, 3.8) is 0 Å². The van der Waals surface area contributed by atoms with Gasteiger partial charge in [-0.1, -0.05) is 40.9 Å². The maximum atomic E-state index is 13.3. The minimum atomic E-state index is -3.26. The van der Waals surface area contributed by atoms with E-state index in [4.69, 9.17) is 39.5 Å². The number of carbonyl (C=O) groups is 1. The van der Waals surface area contributed by atoms with Crippen molar-refractivity contribution in [2.45, 2.75) is 5.92 Å². The van der Waals surface area contributed by atoms with Crippen molar-refractivity contribution in [3.8, 4) is 5.88 Å². The standard InChI is InChI=1S/C22H25Cl3N4O4S/c1-34(31,32)29-8-6-27(7-9-29)22(30)28-12-16(14-33-21-5-3-17(23)11-26-21)18(13-28)15-2-4-19(24)20(25)10-15/h2-5,10-11,16,18H,6-9,12-14H2,1H3. The maximum Gasteiger partial charge on any atom is 0.320 e. The zero-order valence-corrected chi connectivity index (χ0v) is 21.6. The predicted molar refractivity (Wildman–Crippen MR) is 132 cm³/mol. The van der Waals surface area contributed by atoms with Gasteiger partial charge in [-0.05, 0) is 23.8 Å². The summed E-state index contributed by atoms with van der Waals surface area (Å²) in [4.78, 5) is 21.0. The van der Waals surface area contributed by atoms with Gasteiger partial charge in [0, 0.05) is 63.4 Å². The van der Waals surface area contributed by atoms with E-state index in [1.54, 1.807) is 28.0 Å². The van der Waals surface area contributed by atoms with Crippen molar-refractivity contribution in [1.82, 2.24) is 19.1 Å². The molecular formula is C22H25Cl3N4O4S. The molecule has 2 aromatic rings. The number of ether oxygens (including phenoxy) is 1. The van der Waals surface area contributed by atoms with Crippen LogP contribution in [0.2, 0.25) is 15.1 Å². The first kappa shape index (κ1) is 25.3. The first-order chi connectivity index (χ1) is 16.1. The van der Waals surface area contributed by atoms with Gasteiger partial charge >= 0.3 is 6.03 Å². The van der Waals surface area contributed by atoms with E-state index in [1.165, 1.54) is 16.8 Å². The lowest BCUT2D eigenvalue weighted by atomic mass is 9.89. The molecule has 0 radical (unpaired) electrons. The third kappa shape index (κ3) is 5.88. The highest BCUT2D eigenvalue weighted by atomic mass is 35.5. The molecule has 2 aliphatic heterocycles. The Bertz CT molecular complexity index is 1140. The molecule has 4 rings (SSSR count). The molecule has 2 atom stereocenters. The Balaban J connectivity index is 1.48. The summed E-state index contributed by atoms with van der Waals surface area (Å²) in [7, 11) is -3.26. The van der Waals surface area contributed by atoms with Gasteiger partial charge in [-0.15, -0.1) is 0 Å². The van der Waals surface area contributed by atoms with E-state index in [0.29, 0.717) is 66.8 Å². The normalized spacial score (nSPS) is 21.6. The van der Waals surface area contributed by atoms with Crippen molar-refractivity contribution in [2.24, 2.45) is 5.92 Å². The van der Waals surface area contributed by atoms with Crippen LogP contribution in [0.15, 0.2) is 36.5 Å². The fraction of sp³-hybridized carbons (Fsp3) is 0.455. The summed E-state index contributed by atoms with van der Waals surface area (Å²) in [5.41, 5.74) is 0.976. The van der Waals surface area contributed by atoms with E-state index in [9.17, 15) is 13.2 Å². The van der Waals surface area contributed by atoms with Crippen LogP contribution in [-0.4, -0.2) is 85.7 Å². The first-order valence-corrected chi connectivity index (χ1v) is 13.8. The molecule has 8 nitrogen and oxygen atoms in total. The summed E-state index contributed by atoms with van der Waals surface area (Å²) in [6.07, 6.45) is 2.71. The molecule has 1 aromatic carbocycles. The molecule has 2 saturated heterocycles. The number of piperazine rings is 1. The monoisotopic (exact) mass is 546 g/mol. The average Bonchev–Trinajstić information content (AvgIpc) is 3.24. The second-order valence-corrected chi connectivity index (χ2v) is 11.7. The van der Waals surface area contributed by atoms with Crippen molar-refractivity contribution in [1.29, 1.82) is 0 Å². The molecular weight excluding hydrogens is 523 g/mol. The zero-order chi connectivity index (χ0) is 24.5. The lowest BCUT2D eigenvalue weighted by Crippen LogP contribution is -2.53. The van der Waals surface area contributed by atoms with Crippen LogP contribution in [0, 0.1) is 5.92 Å². The highest BCUT2D eigenvalue weighted by molar-refractivity contribution is 7.88. The smallest absolute Gasteiger partial charge is 0.320 e. The second-order valence-electron chi connectivity index (χ2n) is 8.50. The number of nitrogens with zero attached hydrogens (tertiary/aromatic N) is 4. The van der Waals surface area contributed by atoms with E-state index in [0.717, 1.165) is 5.56 Å². The number of carbonyl (C=O) groups excluding carboxylic acids is 1. The molecule has 184 valence electrons. The molecule has 12 heteroatoms. The largest absolute Gasteiger partial charge is 0.477 e. The van der Waals surface area contributed by atoms with Gasteiger partial charge in [0.2, 0.25) is 15.9 Å². The van der Waals surface area contributed by atoms with Crippen LogP contribution in [0.5, 0.6) is 5.88 Å². The summed E-state index contributed by atoms with van der Waals surface area (Å²) < 4.78 is 30.9. The molecule has 2 amide bonds. The average molecular weight is 548 g/mol. The number of hydrogen-bond acceptors (Lipinski definition) is 5. The Morgan fingerprint density at radius 2 is 1.76 bits per heavy atom. The molecule has 0 spiro atoms. The van der Waals surface area contributed by atoms with E-state index >= 15 is 0 Å². The zero-order valence-electron chi connectivity index (χ0n) is 18.5. The molecule has 0 saturated carbocycles. The Morgan fingerprint density at radius 1 is 1.03 bits per heavy atom. The van der Waals surface area contributed by atoms with Crippen molar-refractivity contribution in [2.75, 3.05) is 52.1 Å². The summed E-state index contributed by atoms with van der Waals surface area (Å²) in [6, 6.07) is 8.82. The fourth-order valence-electron chi connectivity index (χ4n) is 4.37. The molecule has 1 aromatic heterocycles. The molecule has 0 N–H and O–H groups in total. The van der Waals surface area contributed by atoms with Crippen LogP contribution in [-0.2, 0) is 10.0 Å². The summed E-state index contributed by atoms with van der Waals surface area (Å²) >= 11 is 18.3. The van der Waals surface area contributed by atoms with Crippen LogP contribution in [0.4, 0.5) is 4.79 Å². The molecule has 2 aliphatic rings. The summed E-state index contributed by atoms with van der Waals surface area (Å²) in [6.45, 7) is 2.64. The van der Waals surface area contributed by atoms with Crippen LogP contribution in [0.25, 0.3) is 0 Å². The highest BCUT2D eigenvalue weighted by Crippen LogP contribution is 2.36. The van der Waals surface area contributed by atoms with Crippen LogP contribution < -0.4 is 4.74 Å². The van der Waals surface area contributed by atoms with E-state index < -0.39 is 10.0 Å². The molecule has 34 heavy (non-hydrogen) atoms. The van der Waals surface area contributed by atoms with Crippen molar-refractivity contribution < 1.29 is 17.9 Å². The molecule has 0 bridgehead atoms.